The highest BCUT2D eigenvalue weighted by molar-refractivity contribution is 6.00. The summed E-state index contributed by atoms with van der Waals surface area (Å²) in [5, 5.41) is 4.06. The van der Waals surface area contributed by atoms with Crippen LogP contribution in [0.2, 0.25) is 0 Å². The number of nitrogens with zero attached hydrogens (tertiary/aromatic N) is 4. The van der Waals surface area contributed by atoms with Crippen LogP contribution in [0.4, 0.5) is 5.69 Å². The second kappa shape index (κ2) is 7.87. The van der Waals surface area contributed by atoms with Crippen LogP contribution >= 0.6 is 0 Å². The van der Waals surface area contributed by atoms with E-state index in [4.69, 9.17) is 4.74 Å². The molecule has 0 saturated heterocycles. The van der Waals surface area contributed by atoms with Gasteiger partial charge in [-0.15, -0.1) is 0 Å². The molecule has 0 N–H and O–H groups in total. The van der Waals surface area contributed by atoms with Gasteiger partial charge in [0.05, 0.1) is 12.1 Å². The van der Waals surface area contributed by atoms with Gasteiger partial charge in [0.2, 0.25) is 0 Å². The maximum atomic E-state index is 13.0. The van der Waals surface area contributed by atoms with Crippen molar-refractivity contribution in [3.8, 4) is 0 Å². The Morgan fingerprint density at radius 3 is 2.66 bits per heavy atom. The van der Waals surface area contributed by atoms with Crippen molar-refractivity contribution in [1.29, 1.82) is 0 Å². The van der Waals surface area contributed by atoms with Crippen molar-refractivity contribution in [3.05, 3.63) is 77.9 Å². The Balaban J connectivity index is 1.41. The van der Waals surface area contributed by atoms with Gasteiger partial charge in [-0.05, 0) is 49.6 Å². The molecular formula is C22H22N4O3. The van der Waals surface area contributed by atoms with Gasteiger partial charge in [-0.3, -0.25) is 4.79 Å². The molecule has 1 aliphatic heterocycles. The van der Waals surface area contributed by atoms with Gasteiger partial charge in [-0.25, -0.2) is 14.5 Å². The molecule has 2 heterocycles. The zero-order valence-corrected chi connectivity index (χ0v) is 16.4. The van der Waals surface area contributed by atoms with Crippen molar-refractivity contribution in [3.63, 3.8) is 0 Å². The number of para-hydroxylation sites is 1. The summed E-state index contributed by atoms with van der Waals surface area (Å²) in [6.45, 7) is 4.18. The van der Waals surface area contributed by atoms with Crippen molar-refractivity contribution >= 4 is 17.6 Å². The quantitative estimate of drug-likeness (QED) is 0.626. The molecule has 2 aromatic carbocycles. The fourth-order valence-electron chi connectivity index (χ4n) is 3.62. The molecule has 7 heteroatoms. The molecule has 0 fully saturated rings. The predicted octanol–water partition coefficient (Wildman–Crippen LogP) is 2.85. The number of anilines is 1. The minimum atomic E-state index is -0.870. The lowest BCUT2D eigenvalue weighted by Crippen LogP contribution is -2.43. The third-order valence-corrected chi connectivity index (χ3v) is 5.08. The molecule has 148 valence electrons. The summed E-state index contributed by atoms with van der Waals surface area (Å²) < 4.78 is 7.16. The zero-order chi connectivity index (χ0) is 20.4. The van der Waals surface area contributed by atoms with E-state index in [2.05, 4.69) is 10.1 Å². The van der Waals surface area contributed by atoms with E-state index in [1.807, 2.05) is 43.3 Å². The molecule has 0 aliphatic carbocycles. The first-order valence-electron chi connectivity index (χ1n) is 9.56. The van der Waals surface area contributed by atoms with E-state index in [-0.39, 0.29) is 11.9 Å². The van der Waals surface area contributed by atoms with Crippen molar-refractivity contribution < 1.29 is 14.3 Å². The molecule has 4 rings (SSSR count). The van der Waals surface area contributed by atoms with E-state index >= 15 is 0 Å². The van der Waals surface area contributed by atoms with E-state index in [9.17, 15) is 9.59 Å². The van der Waals surface area contributed by atoms with E-state index in [1.165, 1.54) is 6.33 Å². The molecule has 1 aliphatic rings. The van der Waals surface area contributed by atoms with Crippen LogP contribution in [0, 0.1) is 0 Å². The van der Waals surface area contributed by atoms with Crippen LogP contribution in [0.1, 0.15) is 35.3 Å². The maximum Gasteiger partial charge on any atom is 0.338 e. The molecule has 2 atom stereocenters. The Kier molecular flexibility index (Phi) is 5.12. The van der Waals surface area contributed by atoms with Gasteiger partial charge in [0.15, 0.2) is 6.10 Å². The number of hydrogen-bond donors (Lipinski definition) is 0. The normalized spacial score (nSPS) is 16.3. The third kappa shape index (κ3) is 3.89. The number of carbonyl (C=O) groups excluding carboxylic acids is 2. The second-order valence-electron chi connectivity index (χ2n) is 7.23. The molecule has 3 aromatic rings. The Morgan fingerprint density at radius 2 is 1.93 bits per heavy atom. The summed E-state index contributed by atoms with van der Waals surface area (Å²) in [5.74, 6) is -0.725. The summed E-state index contributed by atoms with van der Waals surface area (Å²) >= 11 is 0. The van der Waals surface area contributed by atoms with Crippen LogP contribution in [0.25, 0.3) is 0 Å². The zero-order valence-electron chi connectivity index (χ0n) is 16.4. The summed E-state index contributed by atoms with van der Waals surface area (Å²) in [7, 11) is 0. The number of ether oxygens (including phenoxy) is 1. The Bertz CT molecular complexity index is 1010. The Morgan fingerprint density at radius 1 is 1.17 bits per heavy atom. The summed E-state index contributed by atoms with van der Waals surface area (Å²) in [6.07, 6.45) is 3.04. The van der Waals surface area contributed by atoms with Crippen molar-refractivity contribution in [1.82, 2.24) is 14.8 Å². The van der Waals surface area contributed by atoms with Gasteiger partial charge in [0.25, 0.3) is 5.91 Å². The van der Waals surface area contributed by atoms with Crippen molar-refractivity contribution in [2.24, 2.45) is 0 Å². The number of amides is 1. The first-order valence-corrected chi connectivity index (χ1v) is 9.56. The van der Waals surface area contributed by atoms with Crippen LogP contribution in [-0.4, -0.2) is 38.8 Å². The first kappa shape index (κ1) is 18.9. The monoisotopic (exact) mass is 390 g/mol. The van der Waals surface area contributed by atoms with E-state index < -0.39 is 12.1 Å². The predicted molar refractivity (Wildman–Crippen MR) is 108 cm³/mol. The fourth-order valence-corrected chi connectivity index (χ4v) is 3.62. The number of aromatic nitrogens is 3. The summed E-state index contributed by atoms with van der Waals surface area (Å²) in [4.78, 5) is 31.1. The lowest BCUT2D eigenvalue weighted by molar-refractivity contribution is -0.126. The van der Waals surface area contributed by atoms with Crippen LogP contribution < -0.4 is 4.90 Å². The van der Waals surface area contributed by atoms with Crippen LogP contribution in [-0.2, 0) is 22.5 Å². The van der Waals surface area contributed by atoms with Crippen LogP contribution in [0.15, 0.2) is 61.2 Å². The molecule has 0 radical (unpaired) electrons. The minimum Gasteiger partial charge on any atom is -0.449 e. The topological polar surface area (TPSA) is 77.3 Å². The second-order valence-corrected chi connectivity index (χ2v) is 7.23. The molecule has 0 unspecified atom stereocenters. The average Bonchev–Trinajstić information content (AvgIpc) is 3.34. The summed E-state index contributed by atoms with van der Waals surface area (Å²) in [5.41, 5.74) is 3.42. The van der Waals surface area contributed by atoms with Crippen molar-refractivity contribution in [2.45, 2.75) is 39.0 Å². The lowest BCUT2D eigenvalue weighted by atomic mass is 10.1. The number of hydrogen-bond acceptors (Lipinski definition) is 5. The minimum absolute atomic E-state index is 0.0390. The molecular weight excluding hydrogens is 368 g/mol. The molecule has 0 spiro atoms. The molecule has 0 saturated carbocycles. The number of esters is 1. The van der Waals surface area contributed by atoms with Gasteiger partial charge >= 0.3 is 5.97 Å². The van der Waals surface area contributed by atoms with Crippen LogP contribution in [0.3, 0.4) is 0 Å². The fraction of sp³-hybridized carbons (Fsp3) is 0.273. The van der Waals surface area contributed by atoms with Gasteiger partial charge < -0.3 is 9.64 Å². The van der Waals surface area contributed by atoms with Crippen LogP contribution in [0.5, 0.6) is 0 Å². The standard InChI is InChI=1S/C22H22N4O3/c1-15-11-19-5-3-4-6-20(19)26(15)21(27)16(2)29-22(28)18-9-7-17(8-10-18)12-25-14-23-13-24-25/h3-10,13-16H,11-12H2,1-2H3/t15-,16-/m1/s1. The largest absolute Gasteiger partial charge is 0.449 e. The number of carbonyl (C=O) groups is 2. The maximum absolute atomic E-state index is 13.0. The van der Waals surface area contributed by atoms with E-state index in [1.54, 1.807) is 35.0 Å². The van der Waals surface area contributed by atoms with Crippen molar-refractivity contribution in [2.75, 3.05) is 4.90 Å². The summed E-state index contributed by atoms with van der Waals surface area (Å²) in [6, 6.07) is 14.9. The molecule has 7 nitrogen and oxygen atoms in total. The van der Waals surface area contributed by atoms with Gasteiger partial charge in [-0.2, -0.15) is 5.10 Å². The van der Waals surface area contributed by atoms with Gasteiger partial charge in [0.1, 0.15) is 12.7 Å². The lowest BCUT2D eigenvalue weighted by Gasteiger charge is -2.26. The highest BCUT2D eigenvalue weighted by Crippen LogP contribution is 2.32. The average molecular weight is 390 g/mol. The number of rotatable bonds is 5. The third-order valence-electron chi connectivity index (χ3n) is 5.08. The molecule has 29 heavy (non-hydrogen) atoms. The highest BCUT2D eigenvalue weighted by atomic mass is 16.5. The number of benzene rings is 2. The highest BCUT2D eigenvalue weighted by Gasteiger charge is 2.34. The number of fused-ring (bicyclic) bond motifs is 1. The Hall–Kier alpha value is -3.48. The SMILES string of the molecule is C[C@@H]1Cc2ccccc2N1C(=O)[C@@H](C)OC(=O)c1ccc(Cn2cncn2)cc1. The van der Waals surface area contributed by atoms with E-state index in [0.717, 1.165) is 23.2 Å². The first-order chi connectivity index (χ1) is 14.0. The van der Waals surface area contributed by atoms with Gasteiger partial charge in [0, 0.05) is 11.7 Å². The molecule has 1 amide bonds. The smallest absolute Gasteiger partial charge is 0.338 e. The van der Waals surface area contributed by atoms with Gasteiger partial charge in [-0.1, -0.05) is 30.3 Å². The molecule has 0 bridgehead atoms. The molecule has 1 aromatic heterocycles. The van der Waals surface area contributed by atoms with E-state index in [0.29, 0.717) is 12.1 Å². The Labute approximate surface area is 168 Å².